The summed E-state index contributed by atoms with van der Waals surface area (Å²) in [7, 11) is 0. The average Bonchev–Trinajstić information content (AvgIpc) is 2.17. The number of hydrogen-bond acceptors (Lipinski definition) is 2. The summed E-state index contributed by atoms with van der Waals surface area (Å²) >= 11 is 5.83. The number of aldehydes is 1. The van der Waals surface area contributed by atoms with Gasteiger partial charge in [0.25, 0.3) is 0 Å². The maximum Gasteiger partial charge on any atom is 0.168 e. The number of aromatic nitrogens is 1. The molecule has 2 nitrogen and oxygen atoms in total. The van der Waals surface area contributed by atoms with Gasteiger partial charge in [-0.25, -0.2) is 4.98 Å². The predicted molar refractivity (Wildman–Crippen MR) is 56.9 cm³/mol. The van der Waals surface area contributed by atoms with Crippen molar-refractivity contribution in [1.29, 1.82) is 0 Å². The second-order valence-electron chi connectivity index (χ2n) is 3.15. The van der Waals surface area contributed by atoms with Crippen LogP contribution in [0.2, 0.25) is 5.02 Å². The minimum atomic E-state index is 0.472. The van der Waals surface area contributed by atoms with Crippen LogP contribution >= 0.6 is 11.6 Å². The van der Waals surface area contributed by atoms with Crippen LogP contribution in [0.5, 0.6) is 0 Å². The Balaban J connectivity index is 2.79. The molecule has 0 radical (unpaired) electrons. The van der Waals surface area contributed by atoms with E-state index in [1.165, 1.54) is 0 Å². The fraction of sp³-hybridized carbons (Fsp3) is 0.0909. The van der Waals surface area contributed by atoms with Crippen molar-refractivity contribution >= 4 is 28.8 Å². The summed E-state index contributed by atoms with van der Waals surface area (Å²) in [5.74, 6) is 0. The summed E-state index contributed by atoms with van der Waals surface area (Å²) in [6, 6.07) is 7.39. The van der Waals surface area contributed by atoms with E-state index in [4.69, 9.17) is 11.6 Å². The maximum atomic E-state index is 10.7. The number of nitrogens with zero attached hydrogens (tertiary/aromatic N) is 1. The number of fused-ring (bicyclic) bond motifs is 1. The first-order chi connectivity index (χ1) is 6.70. The first kappa shape index (κ1) is 9.16. The Morgan fingerprint density at radius 2 is 2.14 bits per heavy atom. The maximum absolute atomic E-state index is 10.7. The third kappa shape index (κ3) is 1.49. The molecule has 0 atom stereocenters. The number of halogens is 1. The van der Waals surface area contributed by atoms with E-state index in [0.29, 0.717) is 10.7 Å². The molecule has 0 bridgehead atoms. The van der Waals surface area contributed by atoms with Gasteiger partial charge in [0.15, 0.2) is 6.29 Å². The summed E-state index contributed by atoms with van der Waals surface area (Å²) in [5, 5.41) is 1.63. The lowest BCUT2D eigenvalue weighted by molar-refractivity contribution is 0.111. The second kappa shape index (κ2) is 3.39. The van der Waals surface area contributed by atoms with Crippen LogP contribution in [0.25, 0.3) is 10.9 Å². The van der Waals surface area contributed by atoms with Gasteiger partial charge in [-0.1, -0.05) is 17.7 Å². The van der Waals surface area contributed by atoms with E-state index in [0.717, 1.165) is 22.8 Å². The van der Waals surface area contributed by atoms with Crippen LogP contribution in [0, 0.1) is 6.92 Å². The van der Waals surface area contributed by atoms with Crippen LogP contribution in [-0.4, -0.2) is 11.3 Å². The summed E-state index contributed by atoms with van der Waals surface area (Å²) in [5.41, 5.74) is 2.11. The third-order valence-corrected chi connectivity index (χ3v) is 2.36. The van der Waals surface area contributed by atoms with Crippen LogP contribution in [0.1, 0.15) is 16.1 Å². The van der Waals surface area contributed by atoms with E-state index in [-0.39, 0.29) is 0 Å². The van der Waals surface area contributed by atoms with E-state index < -0.39 is 0 Å². The summed E-state index contributed by atoms with van der Waals surface area (Å²) in [6.07, 6.45) is 0.760. The van der Waals surface area contributed by atoms with Crippen molar-refractivity contribution in [3.8, 4) is 0 Å². The lowest BCUT2D eigenvalue weighted by Crippen LogP contribution is -1.92. The van der Waals surface area contributed by atoms with E-state index in [9.17, 15) is 4.79 Å². The molecule has 1 heterocycles. The van der Waals surface area contributed by atoms with Crippen LogP contribution in [0.4, 0.5) is 0 Å². The van der Waals surface area contributed by atoms with Gasteiger partial charge in [-0.2, -0.15) is 0 Å². The van der Waals surface area contributed by atoms with Crippen LogP contribution in [0.15, 0.2) is 24.3 Å². The van der Waals surface area contributed by atoms with Gasteiger partial charge in [-0.3, -0.25) is 4.79 Å². The zero-order chi connectivity index (χ0) is 10.1. The Labute approximate surface area is 86.5 Å². The highest BCUT2D eigenvalue weighted by Gasteiger charge is 2.02. The number of hydrogen-bond donors (Lipinski definition) is 0. The van der Waals surface area contributed by atoms with Crippen molar-refractivity contribution in [2.45, 2.75) is 6.92 Å². The second-order valence-corrected chi connectivity index (χ2v) is 3.58. The first-order valence-electron chi connectivity index (χ1n) is 4.23. The Kier molecular flexibility index (Phi) is 2.22. The van der Waals surface area contributed by atoms with Crippen molar-refractivity contribution in [3.63, 3.8) is 0 Å². The smallest absolute Gasteiger partial charge is 0.168 e. The number of aryl methyl sites for hydroxylation is 1. The molecule has 0 aliphatic heterocycles. The Morgan fingerprint density at radius 1 is 1.36 bits per heavy atom. The molecule has 0 aliphatic rings. The van der Waals surface area contributed by atoms with Crippen molar-refractivity contribution < 1.29 is 4.79 Å². The molecule has 0 unspecified atom stereocenters. The van der Waals surface area contributed by atoms with Gasteiger partial charge < -0.3 is 0 Å². The molecule has 0 amide bonds. The minimum Gasteiger partial charge on any atom is -0.296 e. The highest BCUT2D eigenvalue weighted by molar-refractivity contribution is 6.31. The van der Waals surface area contributed by atoms with Crippen molar-refractivity contribution in [3.05, 3.63) is 40.5 Å². The van der Waals surface area contributed by atoms with E-state index in [1.807, 2.05) is 25.1 Å². The molecule has 0 spiro atoms. The van der Waals surface area contributed by atoms with Crippen molar-refractivity contribution in [1.82, 2.24) is 4.98 Å². The fourth-order valence-electron chi connectivity index (χ4n) is 1.38. The lowest BCUT2D eigenvalue weighted by atomic mass is 10.1. The van der Waals surface area contributed by atoms with Crippen LogP contribution in [0.3, 0.4) is 0 Å². The predicted octanol–water partition coefficient (Wildman–Crippen LogP) is 3.01. The Morgan fingerprint density at radius 3 is 2.86 bits per heavy atom. The molecule has 0 saturated heterocycles. The van der Waals surface area contributed by atoms with E-state index >= 15 is 0 Å². The van der Waals surface area contributed by atoms with Gasteiger partial charge in [-0.15, -0.1) is 0 Å². The zero-order valence-corrected chi connectivity index (χ0v) is 8.38. The molecule has 2 aromatic rings. The largest absolute Gasteiger partial charge is 0.296 e. The highest BCUT2D eigenvalue weighted by atomic mass is 35.5. The van der Waals surface area contributed by atoms with Crippen molar-refractivity contribution in [2.75, 3.05) is 0 Å². The first-order valence-corrected chi connectivity index (χ1v) is 4.60. The van der Waals surface area contributed by atoms with Crippen LogP contribution < -0.4 is 0 Å². The molecule has 1 aromatic carbocycles. The SMILES string of the molecule is Cc1cc2ccc(Cl)cc2nc1C=O. The van der Waals surface area contributed by atoms with Gasteiger partial charge in [0.1, 0.15) is 5.69 Å². The quantitative estimate of drug-likeness (QED) is 0.670. The number of benzene rings is 1. The van der Waals surface area contributed by atoms with E-state index in [1.54, 1.807) is 6.07 Å². The molecule has 1 aromatic heterocycles. The Bertz CT molecular complexity index is 508. The average molecular weight is 206 g/mol. The van der Waals surface area contributed by atoms with Crippen LogP contribution in [-0.2, 0) is 0 Å². The number of carbonyl (C=O) groups excluding carboxylic acids is 1. The molecule has 2 rings (SSSR count). The molecule has 14 heavy (non-hydrogen) atoms. The van der Waals surface area contributed by atoms with Gasteiger partial charge in [0.2, 0.25) is 0 Å². The summed E-state index contributed by atoms with van der Waals surface area (Å²) < 4.78 is 0. The lowest BCUT2D eigenvalue weighted by Gasteiger charge is -2.01. The standard InChI is InChI=1S/C11H8ClNO/c1-7-4-8-2-3-9(12)5-10(8)13-11(7)6-14/h2-6H,1H3. The molecule has 3 heteroatoms. The molecule has 0 aliphatic carbocycles. The number of rotatable bonds is 1. The number of pyridine rings is 1. The van der Waals surface area contributed by atoms with E-state index in [2.05, 4.69) is 4.98 Å². The molecule has 0 N–H and O–H groups in total. The molecule has 70 valence electrons. The van der Waals surface area contributed by atoms with Gasteiger partial charge >= 0.3 is 0 Å². The van der Waals surface area contributed by atoms with Crippen molar-refractivity contribution in [2.24, 2.45) is 0 Å². The summed E-state index contributed by atoms with van der Waals surface area (Å²) in [6.45, 7) is 1.87. The van der Waals surface area contributed by atoms with Gasteiger partial charge in [0, 0.05) is 10.4 Å². The highest BCUT2D eigenvalue weighted by Crippen LogP contribution is 2.19. The fourth-order valence-corrected chi connectivity index (χ4v) is 1.55. The minimum absolute atomic E-state index is 0.472. The number of carbonyl (C=O) groups is 1. The molecule has 0 fully saturated rings. The zero-order valence-electron chi connectivity index (χ0n) is 7.62. The normalized spacial score (nSPS) is 10.4. The summed E-state index contributed by atoms with van der Waals surface area (Å²) in [4.78, 5) is 14.9. The Hall–Kier alpha value is -1.41. The van der Waals surface area contributed by atoms with Gasteiger partial charge in [0.05, 0.1) is 5.52 Å². The topological polar surface area (TPSA) is 30.0 Å². The third-order valence-electron chi connectivity index (χ3n) is 2.12. The monoisotopic (exact) mass is 205 g/mol. The molecule has 0 saturated carbocycles. The van der Waals surface area contributed by atoms with Gasteiger partial charge in [-0.05, 0) is 30.7 Å². The molecular weight excluding hydrogens is 198 g/mol. The molecular formula is C11H8ClNO.